The maximum absolute atomic E-state index is 5.54. The molecular weight excluding hydrogens is 154 g/mol. The maximum atomic E-state index is 5.54. The van der Waals surface area contributed by atoms with Crippen LogP contribution in [0.25, 0.3) is 0 Å². The van der Waals surface area contributed by atoms with E-state index in [9.17, 15) is 0 Å². The summed E-state index contributed by atoms with van der Waals surface area (Å²) in [6.45, 7) is 0. The predicted molar refractivity (Wildman–Crippen MR) is 38.0 cm³/mol. The van der Waals surface area contributed by atoms with Crippen molar-refractivity contribution in [1.29, 1.82) is 0 Å². The van der Waals surface area contributed by atoms with Crippen LogP contribution in [0.2, 0.25) is 5.15 Å². The molecule has 4 nitrogen and oxygen atoms in total. The number of ether oxygens (including phenoxy) is 1. The van der Waals surface area contributed by atoms with Gasteiger partial charge in [-0.25, -0.2) is 4.98 Å². The molecule has 1 aromatic rings. The average molecular weight is 160 g/mol. The zero-order chi connectivity index (χ0) is 7.56. The second-order valence-corrected chi connectivity index (χ2v) is 1.95. The summed E-state index contributed by atoms with van der Waals surface area (Å²) in [6, 6.07) is 0. The molecule has 1 rings (SSSR count). The van der Waals surface area contributed by atoms with E-state index in [2.05, 4.69) is 9.97 Å². The van der Waals surface area contributed by atoms with Gasteiger partial charge in [-0.05, 0) is 0 Å². The van der Waals surface area contributed by atoms with Gasteiger partial charge in [-0.3, -0.25) is 0 Å². The Morgan fingerprint density at radius 3 is 2.90 bits per heavy atom. The summed E-state index contributed by atoms with van der Waals surface area (Å²) in [5.41, 5.74) is 5.29. The number of methoxy groups -OCH3 is 1. The summed E-state index contributed by atoms with van der Waals surface area (Å²) in [5.74, 6) is 0.544. The molecule has 0 radical (unpaired) electrons. The van der Waals surface area contributed by atoms with E-state index in [1.807, 2.05) is 0 Å². The molecule has 0 saturated carbocycles. The third-order valence-electron chi connectivity index (χ3n) is 0.911. The first kappa shape index (κ1) is 7.08. The van der Waals surface area contributed by atoms with E-state index in [1.165, 1.54) is 13.3 Å². The molecule has 0 aliphatic heterocycles. The molecule has 2 N–H and O–H groups in total. The van der Waals surface area contributed by atoms with Gasteiger partial charge in [0.2, 0.25) is 0 Å². The molecule has 0 aliphatic rings. The largest absolute Gasteiger partial charge is 0.479 e. The first-order valence-electron chi connectivity index (χ1n) is 2.56. The zero-order valence-electron chi connectivity index (χ0n) is 5.34. The second kappa shape index (κ2) is 2.70. The Kier molecular flexibility index (Phi) is 1.91. The maximum Gasteiger partial charge on any atom is 0.253 e. The fourth-order valence-corrected chi connectivity index (χ4v) is 0.668. The van der Waals surface area contributed by atoms with Crippen LogP contribution < -0.4 is 10.5 Å². The Labute approximate surface area is 63.0 Å². The molecule has 0 bridgehead atoms. The molecule has 0 unspecified atom stereocenters. The van der Waals surface area contributed by atoms with Gasteiger partial charge in [0.25, 0.3) is 5.88 Å². The van der Waals surface area contributed by atoms with Gasteiger partial charge in [0, 0.05) is 0 Å². The van der Waals surface area contributed by atoms with Crippen LogP contribution in [0.4, 0.5) is 5.82 Å². The van der Waals surface area contributed by atoms with Crippen LogP contribution in [0.15, 0.2) is 6.20 Å². The molecule has 10 heavy (non-hydrogen) atoms. The van der Waals surface area contributed by atoms with Crippen LogP contribution in [0.5, 0.6) is 5.88 Å². The number of anilines is 1. The molecule has 0 aliphatic carbocycles. The van der Waals surface area contributed by atoms with Gasteiger partial charge in [0.1, 0.15) is 5.82 Å². The Morgan fingerprint density at radius 1 is 1.70 bits per heavy atom. The number of nitrogens with two attached hydrogens (primary N) is 1. The third-order valence-corrected chi connectivity index (χ3v) is 1.17. The van der Waals surface area contributed by atoms with Gasteiger partial charge in [0.05, 0.1) is 13.3 Å². The summed E-state index contributed by atoms with van der Waals surface area (Å²) in [7, 11) is 1.45. The summed E-state index contributed by atoms with van der Waals surface area (Å²) >= 11 is 5.54. The molecule has 0 fully saturated rings. The number of hydrogen-bond acceptors (Lipinski definition) is 4. The number of rotatable bonds is 1. The fourth-order valence-electron chi connectivity index (χ4n) is 0.500. The van der Waals surface area contributed by atoms with Crippen LogP contribution in [0.3, 0.4) is 0 Å². The highest BCUT2D eigenvalue weighted by atomic mass is 35.5. The highest BCUT2D eigenvalue weighted by molar-refractivity contribution is 6.30. The average Bonchev–Trinajstić information content (AvgIpc) is 1.94. The van der Waals surface area contributed by atoms with E-state index in [0.717, 1.165) is 0 Å². The van der Waals surface area contributed by atoms with Gasteiger partial charge >= 0.3 is 0 Å². The Balaban J connectivity index is 3.09. The minimum atomic E-state index is 0.219. The summed E-state index contributed by atoms with van der Waals surface area (Å²) in [5, 5.41) is 0.219. The Bertz CT molecular complexity index is 240. The molecule has 1 heterocycles. The predicted octanol–water partition coefficient (Wildman–Crippen LogP) is 0.721. The van der Waals surface area contributed by atoms with E-state index in [4.69, 9.17) is 22.1 Å². The monoisotopic (exact) mass is 159 g/mol. The van der Waals surface area contributed by atoms with Gasteiger partial charge < -0.3 is 10.5 Å². The van der Waals surface area contributed by atoms with Crippen LogP contribution >= 0.6 is 11.6 Å². The van der Waals surface area contributed by atoms with Crippen LogP contribution in [-0.2, 0) is 0 Å². The van der Waals surface area contributed by atoms with E-state index in [0.29, 0.717) is 5.82 Å². The molecule has 54 valence electrons. The lowest BCUT2D eigenvalue weighted by Gasteiger charge is -1.99. The highest BCUT2D eigenvalue weighted by Crippen LogP contribution is 2.18. The van der Waals surface area contributed by atoms with Gasteiger partial charge in [-0.2, -0.15) is 4.98 Å². The molecule has 0 atom stereocenters. The van der Waals surface area contributed by atoms with Gasteiger partial charge in [-0.1, -0.05) is 11.6 Å². The van der Waals surface area contributed by atoms with Crippen molar-refractivity contribution in [2.45, 2.75) is 0 Å². The lowest BCUT2D eigenvalue weighted by Crippen LogP contribution is -1.95. The van der Waals surface area contributed by atoms with E-state index >= 15 is 0 Å². The van der Waals surface area contributed by atoms with Crippen molar-refractivity contribution >= 4 is 17.4 Å². The first-order chi connectivity index (χ1) is 4.74. The van der Waals surface area contributed by atoms with Crippen molar-refractivity contribution in [3.63, 3.8) is 0 Å². The summed E-state index contributed by atoms with van der Waals surface area (Å²) in [4.78, 5) is 7.45. The normalized spacial score (nSPS) is 9.40. The summed E-state index contributed by atoms with van der Waals surface area (Å²) < 4.78 is 4.74. The van der Waals surface area contributed by atoms with Crippen LogP contribution in [-0.4, -0.2) is 17.1 Å². The molecule has 0 aromatic carbocycles. The number of aromatic nitrogens is 2. The molecular formula is C5H6ClN3O. The smallest absolute Gasteiger partial charge is 0.253 e. The minimum Gasteiger partial charge on any atom is -0.479 e. The van der Waals surface area contributed by atoms with Gasteiger partial charge in [0.15, 0.2) is 5.15 Å². The highest BCUT2D eigenvalue weighted by Gasteiger charge is 2.01. The first-order valence-corrected chi connectivity index (χ1v) is 2.94. The molecule has 0 spiro atoms. The molecule has 0 saturated heterocycles. The lowest BCUT2D eigenvalue weighted by molar-refractivity contribution is 0.397. The fraction of sp³-hybridized carbons (Fsp3) is 0.200. The SMILES string of the molecule is COc1nc(N)cnc1Cl. The Morgan fingerprint density at radius 2 is 2.40 bits per heavy atom. The number of nitrogen functional groups attached to an aromatic ring is 1. The molecule has 5 heteroatoms. The Hall–Kier alpha value is -1.03. The van der Waals surface area contributed by atoms with Crippen molar-refractivity contribution in [1.82, 2.24) is 9.97 Å². The molecule has 0 amide bonds. The standard InChI is InChI=1S/C5H6ClN3O/c1-10-5-4(6)8-2-3(7)9-5/h2H,1H3,(H2,7,9). The lowest BCUT2D eigenvalue weighted by atomic mass is 10.7. The summed E-state index contributed by atoms with van der Waals surface area (Å²) in [6.07, 6.45) is 1.37. The van der Waals surface area contributed by atoms with Crippen molar-refractivity contribution in [3.8, 4) is 5.88 Å². The van der Waals surface area contributed by atoms with E-state index in [-0.39, 0.29) is 11.0 Å². The van der Waals surface area contributed by atoms with Crippen LogP contribution in [0.1, 0.15) is 0 Å². The van der Waals surface area contributed by atoms with E-state index in [1.54, 1.807) is 0 Å². The van der Waals surface area contributed by atoms with Crippen molar-refractivity contribution < 1.29 is 4.74 Å². The quantitative estimate of drug-likeness (QED) is 0.656. The van der Waals surface area contributed by atoms with E-state index < -0.39 is 0 Å². The number of halogens is 1. The minimum absolute atomic E-state index is 0.219. The molecule has 1 aromatic heterocycles. The van der Waals surface area contributed by atoms with Crippen molar-refractivity contribution in [2.75, 3.05) is 12.8 Å². The van der Waals surface area contributed by atoms with Gasteiger partial charge in [-0.15, -0.1) is 0 Å². The van der Waals surface area contributed by atoms with Crippen molar-refractivity contribution in [3.05, 3.63) is 11.3 Å². The third kappa shape index (κ3) is 1.27. The number of nitrogens with zero attached hydrogens (tertiary/aromatic N) is 2. The second-order valence-electron chi connectivity index (χ2n) is 1.59. The van der Waals surface area contributed by atoms with Crippen molar-refractivity contribution in [2.24, 2.45) is 0 Å². The zero-order valence-corrected chi connectivity index (χ0v) is 6.09. The van der Waals surface area contributed by atoms with Crippen LogP contribution in [0, 0.1) is 0 Å². The topological polar surface area (TPSA) is 61.0 Å². The number of hydrogen-bond donors (Lipinski definition) is 1.